The molecule has 0 bridgehead atoms. The molecule has 150 valence electrons. The SMILES string of the molecule is COc1cc(CNc2cccc([N+](=O)[O-])c2)cc(Br)c1OCc1ccccc1Cl. The van der Waals surface area contributed by atoms with E-state index in [9.17, 15) is 10.1 Å². The minimum Gasteiger partial charge on any atom is -0.493 e. The number of nitro groups is 1. The van der Waals surface area contributed by atoms with Crippen molar-refractivity contribution < 1.29 is 14.4 Å². The van der Waals surface area contributed by atoms with Gasteiger partial charge >= 0.3 is 0 Å². The van der Waals surface area contributed by atoms with Crippen LogP contribution in [0.4, 0.5) is 11.4 Å². The van der Waals surface area contributed by atoms with Crippen LogP contribution in [0.15, 0.2) is 65.1 Å². The van der Waals surface area contributed by atoms with E-state index in [4.69, 9.17) is 21.1 Å². The van der Waals surface area contributed by atoms with Crippen LogP contribution in [0, 0.1) is 10.1 Å². The molecule has 0 saturated carbocycles. The molecule has 29 heavy (non-hydrogen) atoms. The van der Waals surface area contributed by atoms with Crippen molar-refractivity contribution >= 4 is 38.9 Å². The van der Waals surface area contributed by atoms with E-state index in [-0.39, 0.29) is 5.69 Å². The molecule has 1 N–H and O–H groups in total. The fourth-order valence-corrected chi connectivity index (χ4v) is 3.51. The molecule has 0 fully saturated rings. The lowest BCUT2D eigenvalue weighted by molar-refractivity contribution is -0.384. The number of nitrogens with zero attached hydrogens (tertiary/aromatic N) is 1. The third-order valence-corrected chi connectivity index (χ3v) is 5.13. The van der Waals surface area contributed by atoms with Gasteiger partial charge in [-0.3, -0.25) is 10.1 Å². The first kappa shape index (κ1) is 21.0. The summed E-state index contributed by atoms with van der Waals surface area (Å²) in [5.74, 6) is 1.15. The van der Waals surface area contributed by atoms with E-state index in [2.05, 4.69) is 21.2 Å². The molecule has 8 heteroatoms. The van der Waals surface area contributed by atoms with E-state index in [0.717, 1.165) is 15.6 Å². The van der Waals surface area contributed by atoms with Crippen molar-refractivity contribution in [1.82, 2.24) is 0 Å². The molecule has 3 aromatic carbocycles. The molecule has 0 aliphatic rings. The second-order valence-corrected chi connectivity index (χ2v) is 7.41. The Morgan fingerprint density at radius 2 is 1.93 bits per heavy atom. The van der Waals surface area contributed by atoms with Crippen molar-refractivity contribution in [3.63, 3.8) is 0 Å². The zero-order valence-electron chi connectivity index (χ0n) is 15.5. The fourth-order valence-electron chi connectivity index (χ4n) is 2.71. The number of rotatable bonds is 8. The van der Waals surface area contributed by atoms with Gasteiger partial charge in [-0.15, -0.1) is 0 Å². The topological polar surface area (TPSA) is 73.6 Å². The second-order valence-electron chi connectivity index (χ2n) is 6.15. The number of methoxy groups -OCH3 is 1. The zero-order valence-corrected chi connectivity index (χ0v) is 17.9. The van der Waals surface area contributed by atoms with E-state index in [1.807, 2.05) is 36.4 Å². The lowest BCUT2D eigenvalue weighted by Gasteiger charge is -2.15. The van der Waals surface area contributed by atoms with Crippen molar-refractivity contribution in [3.05, 3.63) is 91.4 Å². The van der Waals surface area contributed by atoms with Gasteiger partial charge in [-0.2, -0.15) is 0 Å². The first-order valence-corrected chi connectivity index (χ1v) is 9.86. The predicted molar refractivity (Wildman–Crippen MR) is 117 cm³/mol. The van der Waals surface area contributed by atoms with Crippen LogP contribution in [-0.4, -0.2) is 12.0 Å². The third kappa shape index (κ3) is 5.40. The van der Waals surface area contributed by atoms with Crippen LogP contribution >= 0.6 is 27.5 Å². The number of nitrogens with one attached hydrogen (secondary N) is 1. The molecule has 0 aliphatic carbocycles. The lowest BCUT2D eigenvalue weighted by atomic mass is 10.2. The van der Waals surface area contributed by atoms with E-state index in [0.29, 0.717) is 35.4 Å². The monoisotopic (exact) mass is 476 g/mol. The number of anilines is 1. The molecule has 3 aromatic rings. The third-order valence-electron chi connectivity index (χ3n) is 4.17. The summed E-state index contributed by atoms with van der Waals surface area (Å²) in [6.07, 6.45) is 0. The number of hydrogen-bond donors (Lipinski definition) is 1. The molecular weight excluding hydrogens is 460 g/mol. The summed E-state index contributed by atoms with van der Waals surface area (Å²) >= 11 is 9.72. The van der Waals surface area contributed by atoms with Gasteiger partial charge in [0, 0.05) is 35.0 Å². The van der Waals surface area contributed by atoms with Crippen molar-refractivity contribution in [2.75, 3.05) is 12.4 Å². The van der Waals surface area contributed by atoms with Crippen LogP contribution in [0.5, 0.6) is 11.5 Å². The normalized spacial score (nSPS) is 10.4. The maximum Gasteiger partial charge on any atom is 0.271 e. The minimum atomic E-state index is -0.421. The van der Waals surface area contributed by atoms with Crippen LogP contribution < -0.4 is 14.8 Å². The Morgan fingerprint density at radius 3 is 2.66 bits per heavy atom. The number of benzene rings is 3. The fraction of sp³-hybridized carbons (Fsp3) is 0.143. The predicted octanol–water partition coefficient (Wildman–Crippen LogP) is 6.21. The molecule has 0 spiro atoms. The smallest absolute Gasteiger partial charge is 0.271 e. The van der Waals surface area contributed by atoms with E-state index in [1.54, 1.807) is 19.2 Å². The Kier molecular flexibility index (Phi) is 6.95. The molecule has 3 rings (SSSR count). The van der Waals surface area contributed by atoms with Gasteiger partial charge in [-0.05, 0) is 45.8 Å². The summed E-state index contributed by atoms with van der Waals surface area (Å²) in [5, 5.41) is 14.7. The van der Waals surface area contributed by atoms with Crippen molar-refractivity contribution in [2.24, 2.45) is 0 Å². The number of halogens is 2. The summed E-state index contributed by atoms with van der Waals surface area (Å²) in [6.45, 7) is 0.765. The molecule has 0 radical (unpaired) electrons. The average molecular weight is 478 g/mol. The Labute approximate surface area is 181 Å². The highest BCUT2D eigenvalue weighted by Crippen LogP contribution is 2.37. The minimum absolute atomic E-state index is 0.0390. The summed E-state index contributed by atoms with van der Waals surface area (Å²) in [4.78, 5) is 10.5. The van der Waals surface area contributed by atoms with Crippen molar-refractivity contribution in [2.45, 2.75) is 13.2 Å². The molecule has 0 aromatic heterocycles. The first-order valence-electron chi connectivity index (χ1n) is 8.69. The highest BCUT2D eigenvalue weighted by atomic mass is 79.9. The van der Waals surface area contributed by atoms with Crippen LogP contribution in [0.25, 0.3) is 0 Å². The van der Waals surface area contributed by atoms with E-state index in [1.165, 1.54) is 12.1 Å². The largest absolute Gasteiger partial charge is 0.493 e. The van der Waals surface area contributed by atoms with Gasteiger partial charge in [0.05, 0.1) is 16.5 Å². The second kappa shape index (κ2) is 9.62. The quantitative estimate of drug-likeness (QED) is 0.308. The Balaban J connectivity index is 1.73. The Bertz CT molecular complexity index is 1030. The van der Waals surface area contributed by atoms with Crippen LogP contribution in [-0.2, 0) is 13.2 Å². The molecule has 0 saturated heterocycles. The van der Waals surface area contributed by atoms with Gasteiger partial charge < -0.3 is 14.8 Å². The van der Waals surface area contributed by atoms with Gasteiger partial charge in [0.25, 0.3) is 5.69 Å². The van der Waals surface area contributed by atoms with Gasteiger partial charge in [-0.1, -0.05) is 35.9 Å². The van der Waals surface area contributed by atoms with Gasteiger partial charge in [0.15, 0.2) is 11.5 Å². The van der Waals surface area contributed by atoms with Crippen LogP contribution in [0.1, 0.15) is 11.1 Å². The summed E-state index contributed by atoms with van der Waals surface area (Å²) in [7, 11) is 1.57. The highest BCUT2D eigenvalue weighted by Gasteiger charge is 2.13. The zero-order chi connectivity index (χ0) is 20.8. The Morgan fingerprint density at radius 1 is 1.14 bits per heavy atom. The summed E-state index contributed by atoms with van der Waals surface area (Å²) in [5.41, 5.74) is 2.50. The van der Waals surface area contributed by atoms with E-state index < -0.39 is 4.92 Å². The Hall–Kier alpha value is -2.77. The summed E-state index contributed by atoms with van der Waals surface area (Å²) in [6, 6.07) is 17.6. The summed E-state index contributed by atoms with van der Waals surface area (Å²) < 4.78 is 12.2. The van der Waals surface area contributed by atoms with Crippen LogP contribution in [0.2, 0.25) is 5.02 Å². The average Bonchev–Trinajstić information content (AvgIpc) is 2.72. The molecule has 0 aliphatic heterocycles. The first-order chi connectivity index (χ1) is 14.0. The molecule has 0 unspecified atom stereocenters. The molecule has 0 amide bonds. The number of ether oxygens (including phenoxy) is 2. The molecule has 6 nitrogen and oxygen atoms in total. The van der Waals surface area contributed by atoms with Gasteiger partial charge in [-0.25, -0.2) is 0 Å². The van der Waals surface area contributed by atoms with Crippen LogP contribution in [0.3, 0.4) is 0 Å². The lowest BCUT2D eigenvalue weighted by Crippen LogP contribution is -2.03. The van der Waals surface area contributed by atoms with Gasteiger partial charge in [0.2, 0.25) is 0 Å². The molecular formula is C21H18BrClN2O4. The van der Waals surface area contributed by atoms with E-state index >= 15 is 0 Å². The van der Waals surface area contributed by atoms with Gasteiger partial charge in [0.1, 0.15) is 6.61 Å². The maximum absolute atomic E-state index is 10.9. The number of hydrogen-bond acceptors (Lipinski definition) is 5. The number of nitro benzene ring substituents is 1. The molecule has 0 atom stereocenters. The van der Waals surface area contributed by atoms with Crippen molar-refractivity contribution in [3.8, 4) is 11.5 Å². The maximum atomic E-state index is 10.9. The standard InChI is InChI=1S/C21H18BrClN2O4/c1-28-20-10-14(12-24-16-6-4-7-17(11-16)25(26)27)9-18(22)21(20)29-13-15-5-2-3-8-19(15)23/h2-11,24H,12-13H2,1H3. The molecule has 0 heterocycles. The van der Waals surface area contributed by atoms with Crippen molar-refractivity contribution in [1.29, 1.82) is 0 Å². The number of non-ortho nitro benzene ring substituents is 1. The highest BCUT2D eigenvalue weighted by molar-refractivity contribution is 9.10.